The van der Waals surface area contributed by atoms with Crippen LogP contribution < -0.4 is 0 Å². The van der Waals surface area contributed by atoms with Gasteiger partial charge in [0.05, 0.1) is 26.4 Å². The quantitative estimate of drug-likeness (QED) is 0.0222. The summed E-state index contributed by atoms with van der Waals surface area (Å²) in [7, 11) is -9.90. The third-order valence-electron chi connectivity index (χ3n) is 16.7. The van der Waals surface area contributed by atoms with Gasteiger partial charge < -0.3 is 33.8 Å². The van der Waals surface area contributed by atoms with Crippen molar-refractivity contribution >= 4 is 39.5 Å². The van der Waals surface area contributed by atoms with Crippen molar-refractivity contribution in [2.24, 2.45) is 23.7 Å². The molecule has 0 fully saturated rings. The fraction of sp³-hybridized carbons (Fsp3) is 0.944. The second-order valence-electron chi connectivity index (χ2n) is 27.3. The zero-order valence-electron chi connectivity index (χ0n) is 58.8. The molecule has 0 saturated carbocycles. The molecule has 17 nitrogen and oxygen atoms in total. The first-order chi connectivity index (χ1) is 43.1. The van der Waals surface area contributed by atoms with Gasteiger partial charge in [-0.2, -0.15) is 0 Å². The van der Waals surface area contributed by atoms with E-state index in [1.54, 1.807) is 0 Å². The van der Waals surface area contributed by atoms with E-state index in [2.05, 4.69) is 55.4 Å². The van der Waals surface area contributed by atoms with Crippen LogP contribution in [0.15, 0.2) is 0 Å². The van der Waals surface area contributed by atoms with Gasteiger partial charge in [-0.25, -0.2) is 9.13 Å². The number of aliphatic hydroxyl groups excluding tert-OH is 1. The second kappa shape index (κ2) is 60.7. The van der Waals surface area contributed by atoms with Crippen molar-refractivity contribution in [2.45, 2.75) is 369 Å². The Morgan fingerprint density at radius 2 is 0.533 bits per heavy atom. The summed E-state index contributed by atoms with van der Waals surface area (Å²) in [6, 6.07) is 0. The number of ether oxygens (including phenoxy) is 4. The highest BCUT2D eigenvalue weighted by atomic mass is 31.2. The lowest BCUT2D eigenvalue weighted by Crippen LogP contribution is -2.30. The van der Waals surface area contributed by atoms with E-state index in [1.807, 2.05) is 0 Å². The minimum absolute atomic E-state index is 0.102. The molecule has 0 radical (unpaired) electrons. The van der Waals surface area contributed by atoms with Crippen LogP contribution in [0.5, 0.6) is 0 Å². The predicted octanol–water partition coefficient (Wildman–Crippen LogP) is 20.1. The smallest absolute Gasteiger partial charge is 0.462 e. The van der Waals surface area contributed by atoms with E-state index < -0.39 is 97.5 Å². The van der Waals surface area contributed by atoms with Crippen molar-refractivity contribution in [2.75, 3.05) is 39.6 Å². The van der Waals surface area contributed by atoms with Gasteiger partial charge in [-0.15, -0.1) is 0 Å². The Hall–Kier alpha value is -1.94. The Balaban J connectivity index is 5.23. The Kier molecular flexibility index (Phi) is 59.4. The molecule has 0 aromatic heterocycles. The topological polar surface area (TPSA) is 237 Å². The Labute approximate surface area is 549 Å². The molecule has 0 heterocycles. The molecule has 0 aromatic carbocycles. The van der Waals surface area contributed by atoms with E-state index in [0.717, 1.165) is 114 Å². The van der Waals surface area contributed by atoms with E-state index >= 15 is 0 Å². The molecule has 0 spiro atoms. The van der Waals surface area contributed by atoms with Gasteiger partial charge in [0.25, 0.3) is 0 Å². The van der Waals surface area contributed by atoms with Crippen molar-refractivity contribution in [1.29, 1.82) is 0 Å². The van der Waals surface area contributed by atoms with Crippen LogP contribution in [0, 0.1) is 23.7 Å². The van der Waals surface area contributed by atoms with Gasteiger partial charge in [-0.1, -0.05) is 299 Å². The van der Waals surface area contributed by atoms with E-state index in [9.17, 15) is 43.2 Å². The molecule has 0 amide bonds. The number of hydrogen-bond acceptors (Lipinski definition) is 15. The minimum atomic E-state index is -4.95. The van der Waals surface area contributed by atoms with Crippen LogP contribution in [0.2, 0.25) is 0 Å². The lowest BCUT2D eigenvalue weighted by Gasteiger charge is -2.21. The highest BCUT2D eigenvalue weighted by Gasteiger charge is 2.30. The molecule has 90 heavy (non-hydrogen) atoms. The average Bonchev–Trinajstić information content (AvgIpc) is 3.64. The number of phosphoric ester groups is 2. The number of phosphoric acid groups is 2. The van der Waals surface area contributed by atoms with Gasteiger partial charge in [0.15, 0.2) is 12.2 Å². The average molecular weight is 1330 g/mol. The Morgan fingerprint density at radius 3 is 0.789 bits per heavy atom. The first kappa shape index (κ1) is 88.1. The maximum absolute atomic E-state index is 13.0. The van der Waals surface area contributed by atoms with E-state index in [-0.39, 0.29) is 25.7 Å². The number of rotatable bonds is 68. The largest absolute Gasteiger partial charge is 0.472 e. The summed E-state index contributed by atoms with van der Waals surface area (Å²) in [6.45, 7) is 14.1. The molecule has 19 heteroatoms. The zero-order valence-corrected chi connectivity index (χ0v) is 60.6. The van der Waals surface area contributed by atoms with E-state index in [4.69, 9.17) is 37.0 Å². The highest BCUT2D eigenvalue weighted by molar-refractivity contribution is 7.47. The van der Waals surface area contributed by atoms with Crippen LogP contribution in [-0.4, -0.2) is 96.7 Å². The maximum Gasteiger partial charge on any atom is 0.472 e. The van der Waals surface area contributed by atoms with E-state index in [1.165, 1.54) is 148 Å². The summed E-state index contributed by atoms with van der Waals surface area (Å²) in [5, 5.41) is 10.6. The molecule has 0 bridgehead atoms. The molecule has 0 aromatic rings. The molecule has 3 unspecified atom stereocenters. The SMILES string of the molecule is CCC(C)CCCCCCCCC(=O)OC[C@H](COP(=O)(O)OC[C@H](O)COP(=O)(O)OC[C@@H](COC(=O)CCCCCCCCCCCCCCCCC(C)C)OC(=O)CCCCCCCCCCCCC(C)C)OC(=O)CCCCCCCCCC(C)C. The number of aliphatic hydroxyl groups is 1. The molecule has 0 saturated heterocycles. The molecule has 3 N–H and O–H groups in total. The number of carbonyl (C=O) groups excluding carboxylic acids is 4. The van der Waals surface area contributed by atoms with Gasteiger partial charge in [0, 0.05) is 25.7 Å². The third-order valence-corrected chi connectivity index (χ3v) is 18.6. The lowest BCUT2D eigenvalue weighted by molar-refractivity contribution is -0.161. The fourth-order valence-electron chi connectivity index (χ4n) is 10.6. The Bertz CT molecular complexity index is 1780. The minimum Gasteiger partial charge on any atom is -0.462 e. The summed E-state index contributed by atoms with van der Waals surface area (Å²) in [5.41, 5.74) is 0. The van der Waals surface area contributed by atoms with Crippen LogP contribution in [-0.2, 0) is 65.4 Å². The highest BCUT2D eigenvalue weighted by Crippen LogP contribution is 2.45. The lowest BCUT2D eigenvalue weighted by atomic mass is 10.00. The van der Waals surface area contributed by atoms with Gasteiger partial charge >= 0.3 is 39.5 Å². The van der Waals surface area contributed by atoms with E-state index in [0.29, 0.717) is 31.6 Å². The van der Waals surface area contributed by atoms with Crippen molar-refractivity contribution in [3.8, 4) is 0 Å². The molecular weight excluding hydrogens is 1190 g/mol. The molecular formula is C71H138O17P2. The summed E-state index contributed by atoms with van der Waals surface area (Å²) >= 11 is 0. The van der Waals surface area contributed by atoms with Crippen molar-refractivity contribution in [3.63, 3.8) is 0 Å². The fourth-order valence-corrected chi connectivity index (χ4v) is 12.2. The molecule has 0 rings (SSSR count). The number of carbonyl (C=O) groups is 4. The van der Waals surface area contributed by atoms with Crippen molar-refractivity contribution in [3.05, 3.63) is 0 Å². The monoisotopic (exact) mass is 1320 g/mol. The number of unbranched alkanes of at least 4 members (excludes halogenated alkanes) is 33. The van der Waals surface area contributed by atoms with Gasteiger partial charge in [-0.3, -0.25) is 37.3 Å². The van der Waals surface area contributed by atoms with Crippen LogP contribution in [0.25, 0.3) is 0 Å². The van der Waals surface area contributed by atoms with Crippen LogP contribution >= 0.6 is 15.6 Å². The maximum atomic E-state index is 13.0. The zero-order chi connectivity index (χ0) is 66.8. The predicted molar refractivity (Wildman–Crippen MR) is 363 cm³/mol. The van der Waals surface area contributed by atoms with Crippen LogP contribution in [0.4, 0.5) is 0 Å². The van der Waals surface area contributed by atoms with Gasteiger partial charge in [0.2, 0.25) is 0 Å². The van der Waals surface area contributed by atoms with Crippen LogP contribution in [0.3, 0.4) is 0 Å². The van der Waals surface area contributed by atoms with Crippen molar-refractivity contribution < 1.29 is 80.2 Å². The second-order valence-corrected chi connectivity index (χ2v) is 30.2. The summed E-state index contributed by atoms with van der Waals surface area (Å²) in [4.78, 5) is 72.5. The molecule has 0 aliphatic carbocycles. The summed E-state index contributed by atoms with van der Waals surface area (Å²) in [6.07, 6.45) is 43.2. The van der Waals surface area contributed by atoms with Gasteiger partial charge in [0.1, 0.15) is 19.3 Å². The molecule has 0 aliphatic rings. The molecule has 534 valence electrons. The van der Waals surface area contributed by atoms with Gasteiger partial charge in [-0.05, 0) is 49.4 Å². The molecule has 0 aliphatic heterocycles. The Morgan fingerprint density at radius 1 is 0.311 bits per heavy atom. The standard InChI is InChI=1S/C71H138O17P2/c1-9-64(8)50-42-34-29-30-36-44-52-69(74)82-58-67(88-71(76)54-46-38-28-22-25-33-41-49-63(6)7)60-86-90(79,80)84-56-65(72)55-83-89(77,78)85-59-66(87-70(75)53-45-37-27-21-17-16-19-24-32-40-48-62(4)5)57-81-68(73)51-43-35-26-20-15-13-11-10-12-14-18-23-31-39-47-61(2)3/h61-67,72H,9-60H2,1-8H3,(H,77,78)(H,79,80)/t64?,65-,66-,67-/m1/s1. The van der Waals surface area contributed by atoms with Crippen LogP contribution in [0.1, 0.15) is 351 Å². The first-order valence-corrected chi connectivity index (χ1v) is 39.7. The van der Waals surface area contributed by atoms with Crippen molar-refractivity contribution in [1.82, 2.24) is 0 Å². The third kappa shape index (κ3) is 63.5. The molecule has 6 atom stereocenters. The summed E-state index contributed by atoms with van der Waals surface area (Å²) < 4.78 is 68.3. The normalized spacial score (nSPS) is 14.6. The first-order valence-electron chi connectivity index (χ1n) is 36.7. The summed E-state index contributed by atoms with van der Waals surface area (Å²) in [5.74, 6) is 0.847. The number of esters is 4. The number of hydrogen-bond donors (Lipinski definition) is 3.